The third-order valence-corrected chi connectivity index (χ3v) is 13.0. The van der Waals surface area contributed by atoms with E-state index >= 15 is 0 Å². The van der Waals surface area contributed by atoms with Crippen LogP contribution in [0, 0.1) is 46.3 Å². The molecule has 4 aliphatic carbocycles. The van der Waals surface area contributed by atoms with Gasteiger partial charge in [0, 0.05) is 35.8 Å². The van der Waals surface area contributed by atoms with E-state index in [0.717, 1.165) is 62.9 Å². The molecule has 0 saturated heterocycles. The Kier molecular flexibility index (Phi) is 9.54. The van der Waals surface area contributed by atoms with Crippen LogP contribution in [0.1, 0.15) is 85.0 Å². The van der Waals surface area contributed by atoms with Crippen LogP contribution in [0.25, 0.3) is 0 Å². The number of nitrogen functional groups attached to an aromatic ring is 2. The zero-order valence-electron chi connectivity index (χ0n) is 28.5. The van der Waals surface area contributed by atoms with Gasteiger partial charge in [-0.3, -0.25) is 4.79 Å². The molecule has 0 spiro atoms. The lowest BCUT2D eigenvalue weighted by Crippen LogP contribution is -2.59. The monoisotopic (exact) mass is 692 g/mol. The zero-order chi connectivity index (χ0) is 35.4. The quantitative estimate of drug-likeness (QED) is 0.154. The van der Waals surface area contributed by atoms with Crippen LogP contribution >= 0.6 is 0 Å². The second-order valence-electron chi connectivity index (χ2n) is 15.8. The van der Waals surface area contributed by atoms with Gasteiger partial charge in [0.2, 0.25) is 0 Å². The summed E-state index contributed by atoms with van der Waals surface area (Å²) in [7, 11) is 0. The third-order valence-electron chi connectivity index (χ3n) is 13.0. The molecular formula is C38H49F5N2O4. The van der Waals surface area contributed by atoms with Gasteiger partial charge >= 0.3 is 18.3 Å². The maximum absolute atomic E-state index is 13.3. The van der Waals surface area contributed by atoms with E-state index in [1.807, 2.05) is 55.5 Å². The molecule has 10 atom stereocenters. The van der Waals surface area contributed by atoms with Crippen LogP contribution in [0.15, 0.2) is 48.5 Å². The molecule has 0 amide bonds. The molecule has 2 aromatic carbocycles. The molecule has 0 aliphatic heterocycles. The fourth-order valence-corrected chi connectivity index (χ4v) is 10.8. The number of rotatable bonds is 9. The first kappa shape index (κ1) is 35.6. The number of anilines is 2. The topological polar surface area (TPSA) is 96.8 Å². The minimum Gasteiger partial charge on any atom is -0.490 e. The average molecular weight is 693 g/mol. The minimum atomic E-state index is -5.94. The van der Waals surface area contributed by atoms with Gasteiger partial charge in [0.1, 0.15) is 17.6 Å². The molecule has 4 fully saturated rings. The van der Waals surface area contributed by atoms with Crippen LogP contribution in [0.5, 0.6) is 11.5 Å². The Hall–Kier alpha value is -3.24. The molecule has 4 saturated carbocycles. The van der Waals surface area contributed by atoms with E-state index in [2.05, 4.69) is 18.6 Å². The molecule has 0 bridgehead atoms. The van der Waals surface area contributed by atoms with Crippen molar-refractivity contribution in [2.45, 2.75) is 109 Å². The van der Waals surface area contributed by atoms with E-state index in [4.69, 9.17) is 20.9 Å². The van der Waals surface area contributed by atoms with Crippen molar-refractivity contribution in [3.05, 3.63) is 48.5 Å². The summed E-state index contributed by atoms with van der Waals surface area (Å²) >= 11 is 0. The first-order valence-electron chi connectivity index (χ1n) is 17.7. The Labute approximate surface area is 285 Å². The average Bonchev–Trinajstić information content (AvgIpc) is 3.37. The van der Waals surface area contributed by atoms with Gasteiger partial charge in [-0.15, -0.1) is 0 Å². The van der Waals surface area contributed by atoms with Gasteiger partial charge in [-0.25, -0.2) is 0 Å². The molecular weight excluding hydrogens is 643 g/mol. The number of ether oxygens (including phenoxy) is 3. The molecule has 3 unspecified atom stereocenters. The molecule has 49 heavy (non-hydrogen) atoms. The molecule has 2 aromatic rings. The van der Waals surface area contributed by atoms with Crippen LogP contribution < -0.4 is 20.9 Å². The summed E-state index contributed by atoms with van der Waals surface area (Å²) in [4.78, 5) is 12.1. The lowest BCUT2D eigenvalue weighted by atomic mass is 9.43. The van der Waals surface area contributed by atoms with E-state index in [9.17, 15) is 26.7 Å². The fraction of sp³-hybridized carbons (Fsp3) is 0.658. The lowest BCUT2D eigenvalue weighted by molar-refractivity contribution is -0.376. The number of fused-ring (bicyclic) bond motifs is 5. The van der Waals surface area contributed by atoms with Crippen LogP contribution in [0.2, 0.25) is 0 Å². The van der Waals surface area contributed by atoms with Crippen LogP contribution in [0.3, 0.4) is 0 Å². The van der Waals surface area contributed by atoms with E-state index in [-0.39, 0.29) is 47.2 Å². The van der Waals surface area contributed by atoms with Crippen LogP contribution in [-0.4, -0.2) is 30.5 Å². The molecule has 11 heteroatoms. The minimum absolute atomic E-state index is 0.0297. The van der Waals surface area contributed by atoms with Gasteiger partial charge in [-0.1, -0.05) is 32.9 Å². The van der Waals surface area contributed by atoms with Crippen molar-refractivity contribution in [3.8, 4) is 11.5 Å². The van der Waals surface area contributed by atoms with Crippen molar-refractivity contribution in [2.24, 2.45) is 46.3 Å². The summed E-state index contributed by atoms with van der Waals surface area (Å²) in [5, 5.41) is 0. The number of halogens is 5. The van der Waals surface area contributed by atoms with E-state index in [1.165, 1.54) is 0 Å². The molecule has 0 aromatic heterocycles. The van der Waals surface area contributed by atoms with Gasteiger partial charge in [0.25, 0.3) is 0 Å². The number of carbonyl (C=O) groups is 1. The smallest absolute Gasteiger partial charge is 0.490 e. The summed E-state index contributed by atoms with van der Waals surface area (Å²) < 4.78 is 81.3. The number of benzene rings is 2. The van der Waals surface area contributed by atoms with E-state index < -0.39 is 24.7 Å². The van der Waals surface area contributed by atoms with Gasteiger partial charge in [-0.05, 0) is 122 Å². The molecule has 6 nitrogen and oxygen atoms in total. The van der Waals surface area contributed by atoms with Crippen LogP contribution in [-0.2, 0) is 9.53 Å². The predicted octanol–water partition coefficient (Wildman–Crippen LogP) is 9.43. The Bertz CT molecular complexity index is 1500. The maximum atomic E-state index is 13.3. The molecule has 6 rings (SSSR count). The van der Waals surface area contributed by atoms with Gasteiger partial charge in [0.15, 0.2) is 0 Å². The van der Waals surface area contributed by atoms with Crippen LogP contribution in [0.4, 0.5) is 33.3 Å². The van der Waals surface area contributed by atoms with Crippen molar-refractivity contribution in [1.82, 2.24) is 0 Å². The number of hydrogen-bond donors (Lipinski definition) is 2. The van der Waals surface area contributed by atoms with Crippen molar-refractivity contribution in [1.29, 1.82) is 0 Å². The van der Waals surface area contributed by atoms with Gasteiger partial charge < -0.3 is 25.7 Å². The molecule has 4 N–H and O–H groups in total. The number of carbonyl (C=O) groups excluding carboxylic acids is 1. The summed E-state index contributed by atoms with van der Waals surface area (Å²) in [5.41, 5.74) is 13.5. The Morgan fingerprint density at radius 1 is 0.837 bits per heavy atom. The molecule has 270 valence electrons. The molecule has 4 aliphatic rings. The highest BCUT2D eigenvalue weighted by Gasteiger charge is 2.64. The van der Waals surface area contributed by atoms with Crippen molar-refractivity contribution in [3.63, 3.8) is 0 Å². The van der Waals surface area contributed by atoms with Gasteiger partial charge in [0.05, 0.1) is 6.10 Å². The fourth-order valence-electron chi connectivity index (χ4n) is 10.8. The third kappa shape index (κ3) is 6.92. The number of alkyl halides is 5. The SMILES string of the molecule is C[C@H](CCC(=O)OC(F)(F)C(F)(F)F)[C@H]1CC[C@H]2[C@@H]3CC(Oc4cccc(N)c4)C4CC(Oc5cccc(N)c5)CC[C@]4(C)[C@H]3CC[C@]12C. The summed E-state index contributed by atoms with van der Waals surface area (Å²) in [5.74, 6) is 1.76. The summed E-state index contributed by atoms with van der Waals surface area (Å²) in [6, 6.07) is 15.1. The van der Waals surface area contributed by atoms with E-state index in [1.54, 1.807) is 0 Å². The zero-order valence-corrected chi connectivity index (χ0v) is 28.5. The first-order valence-corrected chi connectivity index (χ1v) is 17.7. The normalized spacial score (nSPS) is 35.0. The van der Waals surface area contributed by atoms with Gasteiger partial charge in [-0.2, -0.15) is 22.0 Å². The number of esters is 1. The standard InChI is InChI=1S/C38H49F5N2O4/c1-22(10-13-34(46)49-38(42,43)37(39,40)41)29-11-12-30-28-21-33(48-26-9-5-7-24(45)19-26)32-20-27(47-25-8-4-6-23(44)18-25)14-16-36(32,3)31(28)15-17-35(29,30)2/h4-9,18-19,22,27-33H,10-17,20-21,44-45H2,1-3H3/t22-,27?,28+,29-,30+,31+,32?,33?,35-,36-/m1/s1. The first-order chi connectivity index (χ1) is 23.0. The Morgan fingerprint density at radius 3 is 2.08 bits per heavy atom. The predicted molar refractivity (Wildman–Crippen MR) is 177 cm³/mol. The second-order valence-corrected chi connectivity index (χ2v) is 15.8. The summed E-state index contributed by atoms with van der Waals surface area (Å²) in [6.45, 7) is 6.77. The lowest BCUT2D eigenvalue weighted by Gasteiger charge is -2.63. The maximum Gasteiger partial charge on any atom is 0.501 e. The molecule has 0 heterocycles. The van der Waals surface area contributed by atoms with Crippen molar-refractivity contribution in [2.75, 3.05) is 11.5 Å². The largest absolute Gasteiger partial charge is 0.501 e. The van der Waals surface area contributed by atoms with Crippen molar-refractivity contribution < 1.29 is 41.0 Å². The second kappa shape index (κ2) is 13.1. The highest BCUT2D eigenvalue weighted by atomic mass is 19.4. The van der Waals surface area contributed by atoms with E-state index in [0.29, 0.717) is 29.1 Å². The number of hydrogen-bond acceptors (Lipinski definition) is 6. The summed E-state index contributed by atoms with van der Waals surface area (Å²) in [6.07, 6.45) is -4.02. The number of nitrogens with two attached hydrogens (primary N) is 2. The highest BCUT2D eigenvalue weighted by molar-refractivity contribution is 5.69. The van der Waals surface area contributed by atoms with Crippen molar-refractivity contribution >= 4 is 17.3 Å². The Morgan fingerprint density at radius 2 is 1.45 bits per heavy atom. The Balaban J connectivity index is 1.19. The molecule has 0 radical (unpaired) electrons. The highest BCUT2D eigenvalue weighted by Crippen LogP contribution is 2.68.